The topological polar surface area (TPSA) is 51.0 Å². The molecule has 0 unspecified atom stereocenters. The van der Waals surface area contributed by atoms with Gasteiger partial charge in [-0.1, -0.05) is 72.4 Å². The number of hydrogen-bond donors (Lipinski definition) is 0. The van der Waals surface area contributed by atoms with E-state index in [1.54, 1.807) is 0 Å². The highest BCUT2D eigenvalue weighted by Crippen LogP contribution is 2.30. The number of carbonyl (C=O) groups is 1. The number of thioether (sulfide) groups is 1. The summed E-state index contributed by atoms with van der Waals surface area (Å²) in [6, 6.07) is 26.2. The van der Waals surface area contributed by atoms with Crippen LogP contribution in [0.3, 0.4) is 0 Å². The van der Waals surface area contributed by atoms with Crippen molar-refractivity contribution in [2.24, 2.45) is 0 Å². The van der Waals surface area contributed by atoms with Gasteiger partial charge in [-0.25, -0.2) is 0 Å². The number of para-hydroxylation sites is 1. The smallest absolute Gasteiger partial charge is 0.237 e. The summed E-state index contributed by atoms with van der Waals surface area (Å²) in [5.41, 5.74) is 5.19. The number of benzene rings is 3. The lowest BCUT2D eigenvalue weighted by atomic mass is 10.1. The Kier molecular flexibility index (Phi) is 6.94. The van der Waals surface area contributed by atoms with E-state index in [9.17, 15) is 4.79 Å². The number of nitrogens with zero attached hydrogens (tertiary/aromatic N) is 4. The third-order valence-corrected chi connectivity index (χ3v) is 6.33. The lowest BCUT2D eigenvalue weighted by molar-refractivity contribution is -0.116. The van der Waals surface area contributed by atoms with Crippen molar-refractivity contribution >= 4 is 23.4 Å². The number of anilines is 1. The van der Waals surface area contributed by atoms with Crippen LogP contribution in [0.5, 0.6) is 0 Å². The van der Waals surface area contributed by atoms with Gasteiger partial charge in [0.15, 0.2) is 11.0 Å². The van der Waals surface area contributed by atoms with Crippen molar-refractivity contribution in [3.05, 3.63) is 90.0 Å². The van der Waals surface area contributed by atoms with E-state index in [0.717, 1.165) is 33.9 Å². The minimum Gasteiger partial charge on any atom is -0.309 e. The van der Waals surface area contributed by atoms with E-state index in [1.165, 1.54) is 11.8 Å². The van der Waals surface area contributed by atoms with Gasteiger partial charge in [0.1, 0.15) is 0 Å². The molecule has 4 rings (SSSR count). The van der Waals surface area contributed by atoms with Gasteiger partial charge in [0.25, 0.3) is 0 Å². The largest absolute Gasteiger partial charge is 0.309 e. The third kappa shape index (κ3) is 5.01. The summed E-state index contributed by atoms with van der Waals surface area (Å²) in [6.45, 7) is 8.22. The second kappa shape index (κ2) is 10.0. The second-order valence-corrected chi connectivity index (χ2v) is 9.22. The molecule has 1 amide bonds. The zero-order valence-electron chi connectivity index (χ0n) is 19.4. The standard InChI is InChI=1S/C27H28N4OS/c1-19(2)30(23-13-9-6-10-14-23)25(32)18-33-27-29-28-26(22-11-7-5-8-12-22)31(27)24-17-20(3)15-16-21(24)4/h5-17,19H,18H2,1-4H3. The van der Waals surface area contributed by atoms with Crippen LogP contribution in [0.4, 0.5) is 5.69 Å². The van der Waals surface area contributed by atoms with Crippen molar-refractivity contribution < 1.29 is 4.79 Å². The van der Waals surface area contributed by atoms with Crippen LogP contribution in [0.25, 0.3) is 17.1 Å². The maximum Gasteiger partial charge on any atom is 0.237 e. The van der Waals surface area contributed by atoms with E-state index >= 15 is 0 Å². The molecule has 5 nitrogen and oxygen atoms in total. The molecule has 0 spiro atoms. The predicted octanol–water partition coefficient (Wildman–Crippen LogP) is 6.08. The number of rotatable bonds is 7. The fraction of sp³-hybridized carbons (Fsp3) is 0.222. The first kappa shape index (κ1) is 22.8. The Morgan fingerprint density at radius 2 is 1.61 bits per heavy atom. The van der Waals surface area contributed by atoms with Crippen molar-refractivity contribution in [1.29, 1.82) is 0 Å². The van der Waals surface area contributed by atoms with Gasteiger partial charge in [0.05, 0.1) is 11.4 Å². The summed E-state index contributed by atoms with van der Waals surface area (Å²) in [5, 5.41) is 9.71. The Bertz CT molecular complexity index is 1240. The van der Waals surface area contributed by atoms with Gasteiger partial charge < -0.3 is 4.90 Å². The van der Waals surface area contributed by atoms with Crippen LogP contribution in [0.1, 0.15) is 25.0 Å². The summed E-state index contributed by atoms with van der Waals surface area (Å²) in [4.78, 5) is 15.1. The molecule has 0 aliphatic carbocycles. The van der Waals surface area contributed by atoms with Gasteiger partial charge in [-0.2, -0.15) is 0 Å². The van der Waals surface area contributed by atoms with Crippen LogP contribution in [-0.2, 0) is 4.79 Å². The van der Waals surface area contributed by atoms with Crippen LogP contribution in [-0.4, -0.2) is 32.5 Å². The fourth-order valence-corrected chi connectivity index (χ4v) is 4.63. The van der Waals surface area contributed by atoms with E-state index in [2.05, 4.69) is 46.8 Å². The van der Waals surface area contributed by atoms with Crippen molar-refractivity contribution in [1.82, 2.24) is 14.8 Å². The zero-order valence-corrected chi connectivity index (χ0v) is 20.2. The van der Waals surface area contributed by atoms with Crippen molar-refractivity contribution in [3.63, 3.8) is 0 Å². The Hall–Kier alpha value is -3.38. The zero-order chi connectivity index (χ0) is 23.4. The normalized spacial score (nSPS) is 11.1. The molecule has 3 aromatic carbocycles. The summed E-state index contributed by atoms with van der Waals surface area (Å²) < 4.78 is 2.07. The number of aromatic nitrogens is 3. The molecule has 0 fully saturated rings. The molecular formula is C27H28N4OS. The molecule has 33 heavy (non-hydrogen) atoms. The molecule has 1 aromatic heterocycles. The Labute approximate surface area is 199 Å². The monoisotopic (exact) mass is 456 g/mol. The minimum absolute atomic E-state index is 0.0398. The molecule has 0 bridgehead atoms. The van der Waals surface area contributed by atoms with Gasteiger partial charge in [-0.3, -0.25) is 9.36 Å². The fourth-order valence-electron chi connectivity index (χ4n) is 3.83. The molecule has 0 saturated heterocycles. The van der Waals surface area contributed by atoms with Gasteiger partial charge in [-0.15, -0.1) is 10.2 Å². The van der Waals surface area contributed by atoms with E-state index in [0.29, 0.717) is 5.16 Å². The van der Waals surface area contributed by atoms with Crippen molar-refractivity contribution in [2.75, 3.05) is 10.7 Å². The molecule has 0 aliphatic heterocycles. The first-order chi connectivity index (χ1) is 16.0. The summed E-state index contributed by atoms with van der Waals surface area (Å²) in [5.74, 6) is 1.08. The molecule has 0 atom stereocenters. The highest BCUT2D eigenvalue weighted by atomic mass is 32.2. The number of carbonyl (C=O) groups excluding carboxylic acids is 1. The predicted molar refractivity (Wildman–Crippen MR) is 136 cm³/mol. The summed E-state index contributed by atoms with van der Waals surface area (Å²) in [6.07, 6.45) is 0. The van der Waals surface area contributed by atoms with E-state index in [-0.39, 0.29) is 17.7 Å². The summed E-state index contributed by atoms with van der Waals surface area (Å²) in [7, 11) is 0. The molecule has 0 radical (unpaired) electrons. The van der Waals surface area contributed by atoms with Crippen LogP contribution in [0.2, 0.25) is 0 Å². The maximum absolute atomic E-state index is 13.3. The van der Waals surface area contributed by atoms with Crippen LogP contribution < -0.4 is 4.90 Å². The molecule has 0 N–H and O–H groups in total. The average molecular weight is 457 g/mol. The highest BCUT2D eigenvalue weighted by molar-refractivity contribution is 7.99. The summed E-state index contributed by atoms with van der Waals surface area (Å²) >= 11 is 1.42. The van der Waals surface area contributed by atoms with Crippen LogP contribution in [0, 0.1) is 13.8 Å². The lowest BCUT2D eigenvalue weighted by Crippen LogP contribution is -2.38. The number of aryl methyl sites for hydroxylation is 2. The van der Waals surface area contributed by atoms with E-state index < -0.39 is 0 Å². The van der Waals surface area contributed by atoms with Crippen molar-refractivity contribution in [2.45, 2.75) is 38.9 Å². The van der Waals surface area contributed by atoms with Crippen LogP contribution in [0.15, 0.2) is 84.0 Å². The maximum atomic E-state index is 13.3. The highest BCUT2D eigenvalue weighted by Gasteiger charge is 2.22. The molecule has 168 valence electrons. The van der Waals surface area contributed by atoms with Gasteiger partial charge >= 0.3 is 0 Å². The second-order valence-electron chi connectivity index (χ2n) is 8.28. The van der Waals surface area contributed by atoms with Gasteiger partial charge in [-0.05, 0) is 57.0 Å². The third-order valence-electron chi connectivity index (χ3n) is 5.42. The molecular weight excluding hydrogens is 428 g/mol. The first-order valence-corrected chi connectivity index (χ1v) is 12.0. The van der Waals surface area contributed by atoms with E-state index in [4.69, 9.17) is 0 Å². The molecule has 0 aliphatic rings. The van der Waals surface area contributed by atoms with Crippen molar-refractivity contribution in [3.8, 4) is 17.1 Å². The quantitative estimate of drug-likeness (QED) is 0.316. The Morgan fingerprint density at radius 3 is 2.27 bits per heavy atom. The lowest BCUT2D eigenvalue weighted by Gasteiger charge is -2.26. The first-order valence-electron chi connectivity index (χ1n) is 11.0. The Morgan fingerprint density at radius 1 is 0.939 bits per heavy atom. The molecule has 1 heterocycles. The SMILES string of the molecule is Cc1ccc(C)c(-n2c(SCC(=O)N(c3ccccc3)C(C)C)nnc2-c2ccccc2)c1. The molecule has 0 saturated carbocycles. The molecule has 4 aromatic rings. The number of hydrogen-bond acceptors (Lipinski definition) is 4. The number of amides is 1. The van der Waals surface area contributed by atoms with Gasteiger partial charge in [0, 0.05) is 17.3 Å². The van der Waals surface area contributed by atoms with E-state index in [1.807, 2.05) is 79.4 Å². The molecule has 6 heteroatoms. The minimum atomic E-state index is 0.0398. The van der Waals surface area contributed by atoms with Gasteiger partial charge in [0.2, 0.25) is 5.91 Å². The Balaban J connectivity index is 1.69. The average Bonchev–Trinajstić information content (AvgIpc) is 3.24. The van der Waals surface area contributed by atoms with Crippen LogP contribution >= 0.6 is 11.8 Å².